The van der Waals surface area contributed by atoms with E-state index in [0.29, 0.717) is 31.5 Å². The second-order valence-corrected chi connectivity index (χ2v) is 6.33. The third kappa shape index (κ3) is 3.09. The molecule has 1 atom stereocenters. The van der Waals surface area contributed by atoms with Crippen molar-refractivity contribution in [1.82, 2.24) is 9.34 Å². The molecular weight excluding hydrogens is 258 g/mol. The summed E-state index contributed by atoms with van der Waals surface area (Å²) < 4.78 is 21.6. The van der Waals surface area contributed by atoms with Gasteiger partial charge in [0.2, 0.25) is 0 Å². The second-order valence-electron chi connectivity index (χ2n) is 3.20. The van der Waals surface area contributed by atoms with Crippen LogP contribution in [0, 0.1) is 0 Å². The smallest absolute Gasteiger partial charge is 0.304 e. The first kappa shape index (κ1) is 13.8. The molecule has 1 rings (SSSR count). The van der Waals surface area contributed by atoms with Crippen LogP contribution in [0.2, 0.25) is 0 Å². The Morgan fingerprint density at radius 2 is 2.00 bits per heavy atom. The highest BCUT2D eigenvalue weighted by Gasteiger charge is 2.41. The van der Waals surface area contributed by atoms with Crippen LogP contribution in [0.5, 0.6) is 0 Å². The van der Waals surface area contributed by atoms with E-state index in [1.165, 1.54) is 0 Å². The predicted octanol–water partition coefficient (Wildman–Crippen LogP) is 2.23. The molecule has 0 aromatic rings. The molecule has 7 heteroatoms. The van der Waals surface area contributed by atoms with Crippen LogP contribution in [0.15, 0.2) is 0 Å². The summed E-state index contributed by atoms with van der Waals surface area (Å²) in [4.78, 5) is 0. The van der Waals surface area contributed by atoms with Crippen molar-refractivity contribution < 1.29 is 9.09 Å². The van der Waals surface area contributed by atoms with E-state index in [0.717, 1.165) is 13.1 Å². The average Bonchev–Trinajstić information content (AvgIpc) is 2.60. The molecule has 1 heterocycles. The van der Waals surface area contributed by atoms with Crippen LogP contribution in [0.1, 0.15) is 6.92 Å². The Balaban J connectivity index is 2.74. The molecule has 0 aromatic heterocycles. The lowest BCUT2D eigenvalue weighted by atomic mass is 10.6. The molecule has 0 aliphatic carbocycles. The SMILES string of the molecule is CCN1CCOP1(=O)N(CCCl)CCCl. The molecule has 0 amide bonds. The van der Waals surface area contributed by atoms with Gasteiger partial charge >= 0.3 is 7.67 Å². The summed E-state index contributed by atoms with van der Waals surface area (Å²) in [5.41, 5.74) is 0. The zero-order valence-corrected chi connectivity index (χ0v) is 11.3. The van der Waals surface area contributed by atoms with Gasteiger partial charge in [-0.15, -0.1) is 23.2 Å². The van der Waals surface area contributed by atoms with Crippen molar-refractivity contribution in [3.63, 3.8) is 0 Å². The van der Waals surface area contributed by atoms with Crippen LogP contribution in [0.3, 0.4) is 0 Å². The quantitative estimate of drug-likeness (QED) is 0.549. The van der Waals surface area contributed by atoms with Crippen LogP contribution in [0.4, 0.5) is 0 Å². The molecule has 1 saturated heterocycles. The van der Waals surface area contributed by atoms with Gasteiger partial charge in [0.05, 0.1) is 6.61 Å². The van der Waals surface area contributed by atoms with E-state index < -0.39 is 7.67 Å². The van der Waals surface area contributed by atoms with Gasteiger partial charge in [0.15, 0.2) is 0 Å². The van der Waals surface area contributed by atoms with Crippen LogP contribution in [-0.4, -0.2) is 53.9 Å². The Hall–Kier alpha value is 0.690. The highest BCUT2D eigenvalue weighted by molar-refractivity contribution is 7.54. The normalized spacial score (nSPS) is 27.7. The van der Waals surface area contributed by atoms with Crippen molar-refractivity contribution in [2.45, 2.75) is 6.92 Å². The Morgan fingerprint density at radius 1 is 1.40 bits per heavy atom. The number of hydrogen-bond acceptors (Lipinski definition) is 2. The molecule has 15 heavy (non-hydrogen) atoms. The first-order valence-electron chi connectivity index (χ1n) is 5.06. The standard InChI is InChI=1S/C8H17Cl2N2O2P/c1-2-11-7-8-14-15(11,13)12(5-3-9)6-4-10/h2-8H2,1H3. The Labute approximate surface area is 101 Å². The fraction of sp³-hybridized carbons (Fsp3) is 1.00. The largest absolute Gasteiger partial charge is 0.346 e. The minimum Gasteiger partial charge on any atom is -0.304 e. The van der Waals surface area contributed by atoms with E-state index in [1.54, 1.807) is 4.67 Å². The molecule has 1 aliphatic rings. The number of hydrogen-bond donors (Lipinski definition) is 0. The van der Waals surface area contributed by atoms with Crippen molar-refractivity contribution >= 4 is 30.9 Å². The molecule has 1 unspecified atom stereocenters. The first-order valence-corrected chi connectivity index (χ1v) is 7.66. The van der Waals surface area contributed by atoms with E-state index in [4.69, 9.17) is 27.7 Å². The zero-order valence-electron chi connectivity index (χ0n) is 8.86. The number of alkyl halides is 2. The number of halogens is 2. The van der Waals surface area contributed by atoms with Crippen LogP contribution < -0.4 is 0 Å². The lowest BCUT2D eigenvalue weighted by molar-refractivity contribution is 0.294. The van der Waals surface area contributed by atoms with Crippen molar-refractivity contribution in [1.29, 1.82) is 0 Å². The van der Waals surface area contributed by atoms with E-state index in [-0.39, 0.29) is 0 Å². The molecule has 90 valence electrons. The monoisotopic (exact) mass is 274 g/mol. The molecule has 0 N–H and O–H groups in total. The predicted molar refractivity (Wildman–Crippen MR) is 63.8 cm³/mol. The lowest BCUT2D eigenvalue weighted by Gasteiger charge is -2.31. The highest BCUT2D eigenvalue weighted by Crippen LogP contribution is 2.57. The van der Waals surface area contributed by atoms with Gasteiger partial charge in [0.1, 0.15) is 0 Å². The number of likely N-dealkylation sites (N-methyl/N-ethyl adjacent to an activating group) is 1. The van der Waals surface area contributed by atoms with Gasteiger partial charge in [-0.05, 0) is 0 Å². The summed E-state index contributed by atoms with van der Waals surface area (Å²) in [7, 11) is -2.83. The van der Waals surface area contributed by atoms with Gasteiger partial charge in [-0.25, -0.2) is 9.34 Å². The third-order valence-corrected chi connectivity index (χ3v) is 5.54. The maximum atomic E-state index is 12.6. The van der Waals surface area contributed by atoms with E-state index in [9.17, 15) is 4.57 Å². The Morgan fingerprint density at radius 3 is 2.47 bits per heavy atom. The molecule has 1 fully saturated rings. The summed E-state index contributed by atoms with van der Waals surface area (Å²) in [6, 6.07) is 0. The van der Waals surface area contributed by atoms with Gasteiger partial charge in [0.25, 0.3) is 0 Å². The van der Waals surface area contributed by atoms with E-state index in [1.807, 2.05) is 11.6 Å². The molecular formula is C8H17Cl2N2O2P. The maximum absolute atomic E-state index is 12.6. The lowest BCUT2D eigenvalue weighted by Crippen LogP contribution is -2.31. The summed E-state index contributed by atoms with van der Waals surface area (Å²) in [5.74, 6) is 0.865. The van der Waals surface area contributed by atoms with E-state index in [2.05, 4.69) is 0 Å². The molecule has 0 spiro atoms. The summed E-state index contributed by atoms with van der Waals surface area (Å²) in [6.45, 7) is 5.02. The molecule has 0 aromatic carbocycles. The summed E-state index contributed by atoms with van der Waals surface area (Å²) in [5, 5.41) is 0. The van der Waals surface area contributed by atoms with Crippen LogP contribution in [0.25, 0.3) is 0 Å². The summed E-state index contributed by atoms with van der Waals surface area (Å²) in [6.07, 6.45) is 0. The number of rotatable bonds is 6. The van der Waals surface area contributed by atoms with Crippen molar-refractivity contribution in [3.05, 3.63) is 0 Å². The zero-order chi connectivity index (χ0) is 11.3. The Kier molecular flexibility index (Phi) is 5.90. The second kappa shape index (κ2) is 6.43. The summed E-state index contributed by atoms with van der Waals surface area (Å²) >= 11 is 11.4. The highest BCUT2D eigenvalue weighted by atomic mass is 35.5. The molecule has 0 bridgehead atoms. The van der Waals surface area contributed by atoms with Gasteiger partial charge in [0, 0.05) is 37.9 Å². The minimum atomic E-state index is -2.83. The number of nitrogens with zero attached hydrogens (tertiary/aromatic N) is 2. The van der Waals surface area contributed by atoms with Gasteiger partial charge in [-0.3, -0.25) is 4.57 Å². The third-order valence-electron chi connectivity index (χ3n) is 2.37. The molecule has 0 radical (unpaired) electrons. The maximum Gasteiger partial charge on any atom is 0.346 e. The fourth-order valence-electron chi connectivity index (χ4n) is 1.63. The van der Waals surface area contributed by atoms with Crippen LogP contribution in [-0.2, 0) is 9.09 Å². The molecule has 0 saturated carbocycles. The van der Waals surface area contributed by atoms with Crippen molar-refractivity contribution in [3.8, 4) is 0 Å². The topological polar surface area (TPSA) is 32.8 Å². The van der Waals surface area contributed by atoms with Gasteiger partial charge in [-0.1, -0.05) is 6.92 Å². The van der Waals surface area contributed by atoms with Gasteiger partial charge in [-0.2, -0.15) is 0 Å². The first-order chi connectivity index (χ1) is 7.19. The Bertz CT molecular complexity index is 237. The van der Waals surface area contributed by atoms with Crippen molar-refractivity contribution in [2.24, 2.45) is 0 Å². The molecule has 1 aliphatic heterocycles. The van der Waals surface area contributed by atoms with Gasteiger partial charge < -0.3 is 4.52 Å². The minimum absolute atomic E-state index is 0.432. The average molecular weight is 275 g/mol. The van der Waals surface area contributed by atoms with Crippen molar-refractivity contribution in [2.75, 3.05) is 44.5 Å². The fourth-order valence-corrected chi connectivity index (χ4v) is 4.68. The van der Waals surface area contributed by atoms with E-state index >= 15 is 0 Å². The van der Waals surface area contributed by atoms with Crippen LogP contribution >= 0.6 is 30.9 Å². The molecule has 4 nitrogen and oxygen atoms in total.